The Morgan fingerprint density at radius 1 is 1.47 bits per heavy atom. The van der Waals surface area contributed by atoms with Crippen molar-refractivity contribution < 1.29 is 4.79 Å². The standard InChI is InChI=1S/C15H21BrN2O/c1-10-6-7-12(8-13(10)16)15(19)18-14(9-17)11-4-2-3-5-11/h6-8,11,14H,2-5,9,17H2,1H3,(H,18,19). The normalized spacial score (nSPS) is 17.4. The number of hydrogen-bond donors (Lipinski definition) is 2. The molecule has 0 radical (unpaired) electrons. The van der Waals surface area contributed by atoms with Gasteiger partial charge in [0.05, 0.1) is 0 Å². The Balaban J connectivity index is 2.04. The Kier molecular flexibility index (Phi) is 4.99. The topological polar surface area (TPSA) is 55.1 Å². The molecule has 2 rings (SSSR count). The molecule has 0 aliphatic heterocycles. The average molecular weight is 325 g/mol. The van der Waals surface area contributed by atoms with Crippen molar-refractivity contribution in [1.82, 2.24) is 5.32 Å². The minimum Gasteiger partial charge on any atom is -0.348 e. The van der Waals surface area contributed by atoms with Crippen molar-refractivity contribution in [3.63, 3.8) is 0 Å². The summed E-state index contributed by atoms with van der Waals surface area (Å²) in [5.41, 5.74) is 7.63. The molecule has 1 saturated carbocycles. The van der Waals surface area contributed by atoms with Crippen LogP contribution in [0, 0.1) is 12.8 Å². The van der Waals surface area contributed by atoms with E-state index in [4.69, 9.17) is 5.73 Å². The number of rotatable bonds is 4. The maximum Gasteiger partial charge on any atom is 0.251 e. The molecule has 1 aromatic rings. The van der Waals surface area contributed by atoms with E-state index in [1.165, 1.54) is 25.7 Å². The molecule has 0 saturated heterocycles. The summed E-state index contributed by atoms with van der Waals surface area (Å²) in [6.07, 6.45) is 4.87. The molecule has 1 amide bonds. The van der Waals surface area contributed by atoms with Gasteiger partial charge in [0.25, 0.3) is 5.91 Å². The Labute approximate surface area is 123 Å². The summed E-state index contributed by atoms with van der Waals surface area (Å²) in [5, 5.41) is 3.09. The van der Waals surface area contributed by atoms with Crippen LogP contribution in [0.1, 0.15) is 41.6 Å². The number of amides is 1. The van der Waals surface area contributed by atoms with Crippen LogP contribution >= 0.6 is 15.9 Å². The van der Waals surface area contributed by atoms with Crippen molar-refractivity contribution in [3.8, 4) is 0 Å². The van der Waals surface area contributed by atoms with Gasteiger partial charge in [0, 0.05) is 22.6 Å². The van der Waals surface area contributed by atoms with Crippen molar-refractivity contribution in [2.24, 2.45) is 11.7 Å². The van der Waals surface area contributed by atoms with E-state index < -0.39 is 0 Å². The van der Waals surface area contributed by atoms with Gasteiger partial charge >= 0.3 is 0 Å². The first-order valence-electron chi connectivity index (χ1n) is 6.89. The van der Waals surface area contributed by atoms with E-state index in [9.17, 15) is 4.79 Å². The highest BCUT2D eigenvalue weighted by molar-refractivity contribution is 9.10. The first-order valence-corrected chi connectivity index (χ1v) is 7.68. The Bertz CT molecular complexity index is 455. The number of halogens is 1. The van der Waals surface area contributed by atoms with Crippen LogP contribution in [0.4, 0.5) is 0 Å². The molecule has 4 heteroatoms. The van der Waals surface area contributed by atoms with Crippen molar-refractivity contribution in [2.45, 2.75) is 38.6 Å². The van der Waals surface area contributed by atoms with Gasteiger partial charge in [-0.1, -0.05) is 34.8 Å². The molecule has 1 aliphatic rings. The minimum atomic E-state index is -0.0250. The van der Waals surface area contributed by atoms with Gasteiger partial charge in [-0.3, -0.25) is 4.79 Å². The SMILES string of the molecule is Cc1ccc(C(=O)NC(CN)C2CCCC2)cc1Br. The van der Waals surface area contributed by atoms with Gasteiger partial charge in [-0.2, -0.15) is 0 Å². The molecule has 1 aliphatic carbocycles. The number of nitrogens with one attached hydrogen (secondary N) is 1. The molecule has 1 fully saturated rings. The van der Waals surface area contributed by atoms with Crippen LogP contribution in [0.3, 0.4) is 0 Å². The van der Waals surface area contributed by atoms with Crippen LogP contribution in [0.5, 0.6) is 0 Å². The largest absolute Gasteiger partial charge is 0.348 e. The highest BCUT2D eigenvalue weighted by Crippen LogP contribution is 2.27. The molecule has 1 aromatic carbocycles. The fourth-order valence-corrected chi connectivity index (χ4v) is 3.09. The summed E-state index contributed by atoms with van der Waals surface area (Å²) in [6.45, 7) is 2.52. The van der Waals surface area contributed by atoms with Gasteiger partial charge < -0.3 is 11.1 Å². The van der Waals surface area contributed by atoms with Crippen LogP contribution in [0.2, 0.25) is 0 Å². The molecule has 104 valence electrons. The second kappa shape index (κ2) is 6.53. The number of benzene rings is 1. The zero-order valence-corrected chi connectivity index (χ0v) is 12.9. The van der Waals surface area contributed by atoms with E-state index >= 15 is 0 Å². The monoisotopic (exact) mass is 324 g/mol. The van der Waals surface area contributed by atoms with E-state index in [0.29, 0.717) is 18.0 Å². The summed E-state index contributed by atoms with van der Waals surface area (Å²) < 4.78 is 0.963. The molecule has 1 atom stereocenters. The highest BCUT2D eigenvalue weighted by Gasteiger charge is 2.25. The predicted octanol–water partition coefficient (Wildman–Crippen LogP) is 3.00. The third kappa shape index (κ3) is 3.57. The zero-order valence-electron chi connectivity index (χ0n) is 11.3. The van der Waals surface area contributed by atoms with Crippen LogP contribution in [-0.2, 0) is 0 Å². The Morgan fingerprint density at radius 2 is 2.16 bits per heavy atom. The average Bonchev–Trinajstić information content (AvgIpc) is 2.92. The van der Waals surface area contributed by atoms with Crippen LogP contribution in [0.25, 0.3) is 0 Å². The van der Waals surface area contributed by atoms with E-state index in [-0.39, 0.29) is 11.9 Å². The Morgan fingerprint density at radius 3 is 2.74 bits per heavy atom. The van der Waals surface area contributed by atoms with Gasteiger partial charge in [0.15, 0.2) is 0 Å². The molecule has 3 N–H and O–H groups in total. The Hall–Kier alpha value is -0.870. The molecular formula is C15H21BrN2O. The summed E-state index contributed by atoms with van der Waals surface area (Å²) in [4.78, 5) is 12.2. The van der Waals surface area contributed by atoms with E-state index in [2.05, 4.69) is 21.2 Å². The number of nitrogens with two attached hydrogens (primary N) is 1. The van der Waals surface area contributed by atoms with Gasteiger partial charge in [0.2, 0.25) is 0 Å². The van der Waals surface area contributed by atoms with Gasteiger partial charge in [-0.15, -0.1) is 0 Å². The van der Waals surface area contributed by atoms with Gasteiger partial charge in [-0.25, -0.2) is 0 Å². The van der Waals surface area contributed by atoms with Crippen LogP contribution in [0.15, 0.2) is 22.7 Å². The summed E-state index contributed by atoms with van der Waals surface area (Å²) in [5.74, 6) is 0.519. The molecule has 0 spiro atoms. The number of aryl methyl sites for hydroxylation is 1. The quantitative estimate of drug-likeness (QED) is 0.894. The van der Waals surface area contributed by atoms with E-state index in [1.807, 2.05) is 25.1 Å². The number of hydrogen-bond acceptors (Lipinski definition) is 2. The predicted molar refractivity (Wildman–Crippen MR) is 81.1 cm³/mol. The minimum absolute atomic E-state index is 0.0250. The lowest BCUT2D eigenvalue weighted by Crippen LogP contribution is -2.44. The van der Waals surface area contributed by atoms with Crippen molar-refractivity contribution in [2.75, 3.05) is 6.54 Å². The molecule has 0 bridgehead atoms. The van der Waals surface area contributed by atoms with Crippen molar-refractivity contribution in [1.29, 1.82) is 0 Å². The van der Waals surface area contributed by atoms with Crippen molar-refractivity contribution >= 4 is 21.8 Å². The fraction of sp³-hybridized carbons (Fsp3) is 0.533. The number of carbonyl (C=O) groups is 1. The van der Waals surface area contributed by atoms with E-state index in [0.717, 1.165) is 10.0 Å². The maximum absolute atomic E-state index is 12.2. The van der Waals surface area contributed by atoms with Gasteiger partial charge in [-0.05, 0) is 43.4 Å². The summed E-state index contributed by atoms with van der Waals surface area (Å²) in [7, 11) is 0. The van der Waals surface area contributed by atoms with Crippen molar-refractivity contribution in [3.05, 3.63) is 33.8 Å². The molecule has 3 nitrogen and oxygen atoms in total. The third-order valence-corrected chi connectivity index (χ3v) is 4.83. The highest BCUT2D eigenvalue weighted by atomic mass is 79.9. The second-order valence-corrected chi connectivity index (χ2v) is 6.18. The van der Waals surface area contributed by atoms with Gasteiger partial charge in [0.1, 0.15) is 0 Å². The molecule has 0 heterocycles. The maximum atomic E-state index is 12.2. The number of carbonyl (C=O) groups excluding carboxylic acids is 1. The summed E-state index contributed by atoms with van der Waals surface area (Å²) in [6, 6.07) is 5.78. The molecule has 1 unspecified atom stereocenters. The van der Waals surface area contributed by atoms with E-state index in [1.54, 1.807) is 0 Å². The smallest absolute Gasteiger partial charge is 0.251 e. The second-order valence-electron chi connectivity index (χ2n) is 5.32. The zero-order chi connectivity index (χ0) is 13.8. The van der Waals surface area contributed by atoms with Crippen LogP contribution in [-0.4, -0.2) is 18.5 Å². The fourth-order valence-electron chi connectivity index (χ4n) is 2.71. The first kappa shape index (κ1) is 14.5. The third-order valence-electron chi connectivity index (χ3n) is 3.97. The molecule has 0 aromatic heterocycles. The molecule has 19 heavy (non-hydrogen) atoms. The first-order chi connectivity index (χ1) is 9.11. The lowest BCUT2D eigenvalue weighted by molar-refractivity contribution is 0.0924. The lowest BCUT2D eigenvalue weighted by atomic mass is 9.98. The van der Waals surface area contributed by atoms with Crippen LogP contribution < -0.4 is 11.1 Å². The lowest BCUT2D eigenvalue weighted by Gasteiger charge is -2.23. The molecular weight excluding hydrogens is 304 g/mol. The summed E-state index contributed by atoms with van der Waals surface area (Å²) >= 11 is 3.46.